The quantitative estimate of drug-likeness (QED) is 0.458. The summed E-state index contributed by atoms with van der Waals surface area (Å²) >= 11 is 0. The number of aromatic carboxylic acids is 1. The topological polar surface area (TPSA) is 75.0 Å². The number of carbonyl (C=O) groups excluding carboxylic acids is 1. The van der Waals surface area contributed by atoms with Crippen molar-refractivity contribution < 1.29 is 19.4 Å². The molecule has 1 aliphatic carbocycles. The first kappa shape index (κ1) is 24.8. The van der Waals surface area contributed by atoms with Crippen molar-refractivity contribution in [2.45, 2.75) is 63.8 Å². The smallest absolute Gasteiger partial charge is 0.335 e. The molecule has 7 nitrogen and oxygen atoms in total. The molecule has 6 rings (SSSR count). The van der Waals surface area contributed by atoms with Crippen LogP contribution in [0.3, 0.4) is 0 Å². The van der Waals surface area contributed by atoms with Crippen LogP contribution in [0.15, 0.2) is 36.4 Å². The number of likely N-dealkylation sites (tertiary alicyclic amines) is 1. The van der Waals surface area contributed by atoms with E-state index in [1.165, 1.54) is 36.9 Å². The van der Waals surface area contributed by atoms with Crippen molar-refractivity contribution in [1.82, 2.24) is 9.47 Å². The fourth-order valence-electron chi connectivity index (χ4n) is 6.85. The number of carboxylic acids is 1. The number of rotatable bonds is 5. The average molecular weight is 516 g/mol. The fraction of sp³-hybridized carbons (Fsp3) is 0.484. The highest BCUT2D eigenvalue weighted by atomic mass is 16.5. The van der Waals surface area contributed by atoms with Gasteiger partial charge in [0.25, 0.3) is 0 Å². The molecule has 1 saturated heterocycles. The number of fused-ring (bicyclic) bond motifs is 5. The number of carbonyl (C=O) groups is 2. The van der Waals surface area contributed by atoms with Crippen LogP contribution >= 0.6 is 0 Å². The van der Waals surface area contributed by atoms with Crippen LogP contribution < -0.4 is 9.64 Å². The fourth-order valence-corrected chi connectivity index (χ4v) is 6.85. The van der Waals surface area contributed by atoms with Gasteiger partial charge in [-0.1, -0.05) is 25.3 Å². The highest BCUT2D eigenvalue weighted by molar-refractivity contribution is 6.00. The van der Waals surface area contributed by atoms with Crippen molar-refractivity contribution >= 4 is 28.5 Å². The Balaban J connectivity index is 1.51. The molecule has 1 amide bonds. The number of methoxy groups -OCH3 is 1. The van der Waals surface area contributed by atoms with Crippen LogP contribution in [0, 0.1) is 0 Å². The van der Waals surface area contributed by atoms with Gasteiger partial charge in [0.1, 0.15) is 5.75 Å². The van der Waals surface area contributed by atoms with Crippen molar-refractivity contribution in [3.63, 3.8) is 0 Å². The lowest BCUT2D eigenvalue weighted by molar-refractivity contribution is -0.130. The number of ether oxygens (including phenoxy) is 1. The lowest BCUT2D eigenvalue weighted by Gasteiger charge is -2.31. The Hall–Kier alpha value is -3.48. The normalized spacial score (nSPS) is 18.1. The van der Waals surface area contributed by atoms with Crippen molar-refractivity contribution in [1.29, 1.82) is 0 Å². The minimum absolute atomic E-state index is 0.176. The molecule has 200 valence electrons. The lowest BCUT2D eigenvalue weighted by Crippen LogP contribution is -2.43. The molecule has 2 aliphatic heterocycles. The second kappa shape index (κ2) is 10.4. The molecule has 1 saturated carbocycles. The van der Waals surface area contributed by atoms with E-state index in [1.807, 2.05) is 23.1 Å². The maximum absolute atomic E-state index is 13.4. The maximum Gasteiger partial charge on any atom is 0.335 e. The van der Waals surface area contributed by atoms with Crippen LogP contribution in [0.25, 0.3) is 22.2 Å². The third-order valence-electron chi connectivity index (χ3n) is 8.79. The summed E-state index contributed by atoms with van der Waals surface area (Å²) in [6, 6.07) is 11.8. The predicted molar refractivity (Wildman–Crippen MR) is 149 cm³/mol. The van der Waals surface area contributed by atoms with Gasteiger partial charge in [0.2, 0.25) is 5.91 Å². The zero-order valence-corrected chi connectivity index (χ0v) is 22.2. The Morgan fingerprint density at radius 1 is 0.921 bits per heavy atom. The minimum atomic E-state index is -0.908. The first-order valence-corrected chi connectivity index (χ1v) is 14.2. The second-order valence-electron chi connectivity index (χ2n) is 11.0. The molecule has 3 heterocycles. The minimum Gasteiger partial charge on any atom is -0.497 e. The third kappa shape index (κ3) is 4.42. The highest BCUT2D eigenvalue weighted by Gasteiger charge is 2.32. The van der Waals surface area contributed by atoms with Gasteiger partial charge in [-0.15, -0.1) is 0 Å². The number of nitrogens with zero attached hydrogens (tertiary/aromatic N) is 3. The van der Waals surface area contributed by atoms with E-state index < -0.39 is 5.97 Å². The Morgan fingerprint density at radius 3 is 2.42 bits per heavy atom. The van der Waals surface area contributed by atoms with E-state index in [-0.39, 0.29) is 5.91 Å². The Labute approximate surface area is 224 Å². The molecule has 2 fully saturated rings. The Morgan fingerprint density at radius 2 is 1.68 bits per heavy atom. The third-order valence-corrected chi connectivity index (χ3v) is 8.79. The molecule has 3 aliphatic rings. The number of aromatic nitrogens is 1. The van der Waals surface area contributed by atoms with Gasteiger partial charge in [0.05, 0.1) is 30.6 Å². The molecular formula is C31H37N3O4. The molecule has 0 atom stereocenters. The van der Waals surface area contributed by atoms with Gasteiger partial charge in [-0.2, -0.15) is 0 Å². The first-order valence-electron chi connectivity index (χ1n) is 14.2. The summed E-state index contributed by atoms with van der Waals surface area (Å²) < 4.78 is 7.95. The molecule has 0 bridgehead atoms. The zero-order valence-electron chi connectivity index (χ0n) is 22.2. The SMILES string of the molecule is COc1ccc2c(c1)N(CC(=O)N1CCCCC1)CCn1c-2c(C2CCCCC2)c2ccc(C(=O)O)cc21. The summed E-state index contributed by atoms with van der Waals surface area (Å²) in [5.41, 5.74) is 5.93. The Bertz CT molecular complexity index is 1370. The molecule has 1 N–H and O–H groups in total. The number of piperidine rings is 1. The summed E-state index contributed by atoms with van der Waals surface area (Å²) in [5, 5.41) is 10.9. The molecule has 0 radical (unpaired) electrons. The van der Waals surface area contributed by atoms with Crippen LogP contribution in [-0.2, 0) is 11.3 Å². The van der Waals surface area contributed by atoms with Crippen molar-refractivity contribution in [3.8, 4) is 17.0 Å². The van der Waals surface area contributed by atoms with Gasteiger partial charge in [0, 0.05) is 48.7 Å². The summed E-state index contributed by atoms with van der Waals surface area (Å²) in [4.78, 5) is 29.5. The lowest BCUT2D eigenvalue weighted by atomic mass is 9.81. The van der Waals surface area contributed by atoms with Crippen LogP contribution in [0.1, 0.15) is 73.2 Å². The molecule has 7 heteroatoms. The Kier molecular flexibility index (Phi) is 6.76. The molecule has 1 aromatic heterocycles. The van der Waals surface area contributed by atoms with Crippen LogP contribution in [0.2, 0.25) is 0 Å². The summed E-state index contributed by atoms with van der Waals surface area (Å²) in [7, 11) is 1.68. The summed E-state index contributed by atoms with van der Waals surface area (Å²) in [6.45, 7) is 3.37. The van der Waals surface area contributed by atoms with Crippen molar-refractivity contribution in [3.05, 3.63) is 47.5 Å². The maximum atomic E-state index is 13.4. The largest absolute Gasteiger partial charge is 0.497 e. The monoisotopic (exact) mass is 515 g/mol. The number of anilines is 1. The van der Waals surface area contributed by atoms with Crippen LogP contribution in [-0.4, -0.2) is 59.7 Å². The zero-order chi connectivity index (χ0) is 26.2. The highest BCUT2D eigenvalue weighted by Crippen LogP contribution is 2.48. The molecule has 0 unspecified atom stereocenters. The van der Waals surface area contributed by atoms with E-state index in [0.717, 1.165) is 66.7 Å². The van der Waals surface area contributed by atoms with E-state index >= 15 is 0 Å². The first-order chi connectivity index (χ1) is 18.5. The van der Waals surface area contributed by atoms with E-state index in [0.29, 0.717) is 31.1 Å². The van der Waals surface area contributed by atoms with Gasteiger partial charge in [0.15, 0.2) is 0 Å². The van der Waals surface area contributed by atoms with Gasteiger partial charge in [-0.25, -0.2) is 4.79 Å². The van der Waals surface area contributed by atoms with Gasteiger partial charge in [-0.05, 0) is 67.9 Å². The average Bonchev–Trinajstić information content (AvgIpc) is 3.20. The van der Waals surface area contributed by atoms with Gasteiger partial charge >= 0.3 is 5.97 Å². The number of hydrogen-bond acceptors (Lipinski definition) is 4. The summed E-state index contributed by atoms with van der Waals surface area (Å²) in [6.07, 6.45) is 9.34. The molecule has 3 aromatic rings. The second-order valence-corrected chi connectivity index (χ2v) is 11.0. The van der Waals surface area contributed by atoms with Gasteiger partial charge < -0.3 is 24.2 Å². The van der Waals surface area contributed by atoms with Crippen molar-refractivity contribution in [2.24, 2.45) is 0 Å². The van der Waals surface area contributed by atoms with Crippen LogP contribution in [0.4, 0.5) is 5.69 Å². The van der Waals surface area contributed by atoms with E-state index in [1.54, 1.807) is 13.2 Å². The van der Waals surface area contributed by atoms with Crippen molar-refractivity contribution in [2.75, 3.05) is 38.2 Å². The molecular weight excluding hydrogens is 478 g/mol. The summed E-state index contributed by atoms with van der Waals surface area (Å²) in [5.74, 6) is 0.482. The number of hydrogen-bond donors (Lipinski definition) is 1. The molecule has 2 aromatic carbocycles. The van der Waals surface area contributed by atoms with Gasteiger partial charge in [-0.3, -0.25) is 4.79 Å². The standard InChI is InChI=1S/C31H37N3O4/c1-38-23-11-13-25-26(19-23)33(20-28(35)32-14-6-3-7-15-32)16-17-34-27-18-22(31(36)37)10-12-24(27)29(30(25)34)21-8-4-2-5-9-21/h10-13,18-19,21H,2-9,14-17,20H2,1H3,(H,36,37). The molecule has 38 heavy (non-hydrogen) atoms. The van der Waals surface area contributed by atoms with E-state index in [4.69, 9.17) is 4.74 Å². The number of amides is 1. The number of carboxylic acid groups (broad SMARTS) is 1. The van der Waals surface area contributed by atoms with Crippen LogP contribution in [0.5, 0.6) is 5.75 Å². The predicted octanol–water partition coefficient (Wildman–Crippen LogP) is 5.90. The molecule has 0 spiro atoms. The number of benzene rings is 2. The van der Waals surface area contributed by atoms with E-state index in [9.17, 15) is 14.7 Å². The van der Waals surface area contributed by atoms with E-state index in [2.05, 4.69) is 21.6 Å².